The molecule has 0 amide bonds. The van der Waals surface area contributed by atoms with Crippen LogP contribution >= 0.6 is 47.1 Å². The van der Waals surface area contributed by atoms with Gasteiger partial charge < -0.3 is 15.5 Å². The van der Waals surface area contributed by atoms with Gasteiger partial charge in [0, 0.05) is 29.8 Å². The summed E-state index contributed by atoms with van der Waals surface area (Å²) in [5.41, 5.74) is 0. The second kappa shape index (κ2) is 10.1. The van der Waals surface area contributed by atoms with Gasteiger partial charge in [-0.1, -0.05) is 6.07 Å². The summed E-state index contributed by atoms with van der Waals surface area (Å²) in [6, 6.07) is 4.68. The monoisotopic (exact) mass is 468 g/mol. The Morgan fingerprint density at radius 3 is 2.74 bits per heavy atom. The van der Waals surface area contributed by atoms with Gasteiger partial charge in [0.2, 0.25) is 0 Å². The standard InChI is InChI=1S/C16H28N4S2.HI/c1-16(8-6-10-22-16)12-19-15(17-2)18-11-13(20(3)4)14-7-5-9-21-14;/h5,7,9,13H,6,8,10-12H2,1-4H3,(H2,17,18,19);1H. The van der Waals surface area contributed by atoms with E-state index in [1.807, 2.05) is 7.05 Å². The van der Waals surface area contributed by atoms with Crippen LogP contribution in [0.3, 0.4) is 0 Å². The minimum atomic E-state index is 0. The lowest BCUT2D eigenvalue weighted by atomic mass is 10.1. The molecule has 2 rings (SSSR count). The van der Waals surface area contributed by atoms with Gasteiger partial charge in [-0.25, -0.2) is 0 Å². The van der Waals surface area contributed by atoms with Crippen LogP contribution in [0.1, 0.15) is 30.7 Å². The van der Waals surface area contributed by atoms with Crippen LogP contribution in [0.2, 0.25) is 0 Å². The highest BCUT2D eigenvalue weighted by Crippen LogP contribution is 2.36. The topological polar surface area (TPSA) is 39.7 Å². The van der Waals surface area contributed by atoms with Gasteiger partial charge in [0.25, 0.3) is 0 Å². The summed E-state index contributed by atoms with van der Waals surface area (Å²) in [4.78, 5) is 7.99. The zero-order chi connectivity index (χ0) is 16.0. The lowest BCUT2D eigenvalue weighted by Crippen LogP contribution is -2.45. The first kappa shape index (κ1) is 21.1. The molecule has 1 fully saturated rings. The van der Waals surface area contributed by atoms with E-state index in [9.17, 15) is 0 Å². The van der Waals surface area contributed by atoms with E-state index in [4.69, 9.17) is 0 Å². The van der Waals surface area contributed by atoms with E-state index in [1.54, 1.807) is 11.3 Å². The lowest BCUT2D eigenvalue weighted by Gasteiger charge is -2.27. The van der Waals surface area contributed by atoms with Crippen LogP contribution in [0.5, 0.6) is 0 Å². The maximum Gasteiger partial charge on any atom is 0.191 e. The van der Waals surface area contributed by atoms with E-state index in [0.717, 1.165) is 19.0 Å². The summed E-state index contributed by atoms with van der Waals surface area (Å²) in [7, 11) is 6.09. The van der Waals surface area contributed by atoms with E-state index in [0.29, 0.717) is 10.8 Å². The van der Waals surface area contributed by atoms with Crippen LogP contribution in [0.15, 0.2) is 22.5 Å². The van der Waals surface area contributed by atoms with Crippen molar-refractivity contribution in [1.82, 2.24) is 15.5 Å². The number of hydrogen-bond donors (Lipinski definition) is 2. The maximum atomic E-state index is 4.36. The Labute approximate surface area is 165 Å². The normalized spacial score (nSPS) is 22.7. The summed E-state index contributed by atoms with van der Waals surface area (Å²) in [5.74, 6) is 2.18. The van der Waals surface area contributed by atoms with Crippen molar-refractivity contribution in [3.8, 4) is 0 Å². The number of nitrogens with one attached hydrogen (secondary N) is 2. The summed E-state index contributed by atoms with van der Waals surface area (Å²) >= 11 is 3.88. The average Bonchev–Trinajstić information content (AvgIpc) is 3.14. The number of thiophene rings is 1. The van der Waals surface area contributed by atoms with Crippen LogP contribution < -0.4 is 10.6 Å². The first-order valence-electron chi connectivity index (χ1n) is 7.82. The first-order valence-corrected chi connectivity index (χ1v) is 9.69. The van der Waals surface area contributed by atoms with Gasteiger partial charge in [-0.3, -0.25) is 4.99 Å². The molecule has 2 N–H and O–H groups in total. The highest BCUT2D eigenvalue weighted by atomic mass is 127. The van der Waals surface area contributed by atoms with Gasteiger partial charge in [-0.15, -0.1) is 35.3 Å². The highest BCUT2D eigenvalue weighted by molar-refractivity contribution is 14.0. The smallest absolute Gasteiger partial charge is 0.191 e. The second-order valence-corrected chi connectivity index (χ2v) is 8.87. The Morgan fingerprint density at radius 2 is 2.22 bits per heavy atom. The third kappa shape index (κ3) is 6.43. The first-order chi connectivity index (χ1) is 10.5. The number of guanidine groups is 1. The fourth-order valence-electron chi connectivity index (χ4n) is 2.68. The molecule has 4 nitrogen and oxygen atoms in total. The van der Waals surface area contributed by atoms with Gasteiger partial charge in [0.15, 0.2) is 5.96 Å². The lowest BCUT2D eigenvalue weighted by molar-refractivity contribution is 0.302. The highest BCUT2D eigenvalue weighted by Gasteiger charge is 2.29. The van der Waals surface area contributed by atoms with Gasteiger partial charge in [0.05, 0.1) is 6.04 Å². The number of thioether (sulfide) groups is 1. The Kier molecular flexibility index (Phi) is 9.25. The molecule has 2 unspecified atom stereocenters. The molecule has 0 saturated carbocycles. The average molecular weight is 468 g/mol. The third-order valence-electron chi connectivity index (χ3n) is 4.11. The number of nitrogens with zero attached hydrogens (tertiary/aromatic N) is 2. The van der Waals surface area contributed by atoms with Gasteiger partial charge >= 0.3 is 0 Å². The summed E-state index contributed by atoms with van der Waals surface area (Å²) in [6.07, 6.45) is 2.62. The van der Waals surface area contributed by atoms with Gasteiger partial charge in [-0.05, 0) is 51.1 Å². The number of aliphatic imine (C=N–C) groups is 1. The van der Waals surface area contributed by atoms with Crippen molar-refractivity contribution in [2.75, 3.05) is 40.0 Å². The number of hydrogen-bond acceptors (Lipinski definition) is 4. The molecule has 1 aliphatic heterocycles. The van der Waals surface area contributed by atoms with Crippen molar-refractivity contribution in [1.29, 1.82) is 0 Å². The molecule has 0 radical (unpaired) electrons. The second-order valence-electron chi connectivity index (χ2n) is 6.20. The van der Waals surface area contributed by atoms with Gasteiger partial charge in [-0.2, -0.15) is 11.8 Å². The van der Waals surface area contributed by atoms with Crippen LogP contribution in [0, 0.1) is 0 Å². The molecule has 0 aliphatic carbocycles. The molecule has 2 atom stereocenters. The molecule has 23 heavy (non-hydrogen) atoms. The fourth-order valence-corrected chi connectivity index (χ4v) is 4.85. The molecule has 0 bridgehead atoms. The predicted molar refractivity (Wildman–Crippen MR) is 116 cm³/mol. The van der Waals surface area contributed by atoms with E-state index >= 15 is 0 Å². The maximum absolute atomic E-state index is 4.36. The Bertz CT molecular complexity index is 470. The number of rotatable bonds is 6. The van der Waals surface area contributed by atoms with Crippen LogP contribution in [0.25, 0.3) is 0 Å². The minimum absolute atomic E-state index is 0. The predicted octanol–water partition coefficient (Wildman–Crippen LogP) is 3.42. The van der Waals surface area contributed by atoms with E-state index < -0.39 is 0 Å². The molecule has 7 heteroatoms. The van der Waals surface area contributed by atoms with Crippen LogP contribution in [-0.2, 0) is 0 Å². The summed E-state index contributed by atoms with van der Waals surface area (Å²) in [5, 5.41) is 9.11. The van der Waals surface area contributed by atoms with Crippen LogP contribution in [0.4, 0.5) is 0 Å². The summed E-state index contributed by atoms with van der Waals surface area (Å²) < 4.78 is 0.353. The molecule has 2 heterocycles. The minimum Gasteiger partial charge on any atom is -0.355 e. The van der Waals surface area contributed by atoms with Crippen molar-refractivity contribution in [3.05, 3.63) is 22.4 Å². The van der Waals surface area contributed by atoms with Crippen molar-refractivity contribution in [3.63, 3.8) is 0 Å². The van der Waals surface area contributed by atoms with E-state index in [-0.39, 0.29) is 24.0 Å². The number of likely N-dealkylation sites (N-methyl/N-ethyl adjacent to an activating group) is 1. The summed E-state index contributed by atoms with van der Waals surface area (Å²) in [6.45, 7) is 4.18. The van der Waals surface area contributed by atoms with E-state index in [2.05, 4.69) is 70.8 Å². The van der Waals surface area contributed by atoms with Gasteiger partial charge in [0.1, 0.15) is 0 Å². The molecule has 1 aliphatic rings. The molecule has 1 aromatic rings. The van der Waals surface area contributed by atoms with Crippen molar-refractivity contribution >= 4 is 53.0 Å². The van der Waals surface area contributed by atoms with Crippen molar-refractivity contribution in [2.45, 2.75) is 30.6 Å². The van der Waals surface area contributed by atoms with Crippen molar-refractivity contribution in [2.24, 2.45) is 4.99 Å². The molecule has 0 aromatic carbocycles. The Hall–Kier alpha value is 0.01000. The quantitative estimate of drug-likeness (QED) is 0.382. The SMILES string of the molecule is CN=C(NCC(c1cccs1)N(C)C)NCC1(C)CCCS1.I. The molecule has 132 valence electrons. The Morgan fingerprint density at radius 1 is 1.43 bits per heavy atom. The van der Waals surface area contributed by atoms with Crippen LogP contribution in [-0.4, -0.2) is 55.6 Å². The molecule has 0 spiro atoms. The fraction of sp³-hybridized carbons (Fsp3) is 0.688. The number of halogens is 1. The molecule has 1 saturated heterocycles. The van der Waals surface area contributed by atoms with E-state index in [1.165, 1.54) is 23.5 Å². The third-order valence-corrected chi connectivity index (χ3v) is 6.62. The molecular formula is C16H29IN4S2. The largest absolute Gasteiger partial charge is 0.355 e. The molecule has 1 aromatic heterocycles. The van der Waals surface area contributed by atoms with Crippen molar-refractivity contribution < 1.29 is 0 Å². The zero-order valence-corrected chi connectivity index (χ0v) is 18.4. The Balaban J connectivity index is 0.00000264. The molecular weight excluding hydrogens is 439 g/mol. The zero-order valence-electron chi connectivity index (χ0n) is 14.5.